The second kappa shape index (κ2) is 5.20. The van der Waals surface area contributed by atoms with Gasteiger partial charge in [-0.3, -0.25) is 4.98 Å². The highest BCUT2D eigenvalue weighted by Crippen LogP contribution is 2.59. The lowest BCUT2D eigenvalue weighted by Gasteiger charge is -2.37. The molecule has 0 bridgehead atoms. The second-order valence-corrected chi connectivity index (χ2v) is 4.48. The van der Waals surface area contributed by atoms with Crippen molar-refractivity contribution in [1.29, 1.82) is 0 Å². The minimum atomic E-state index is -7.41. The number of aryl methyl sites for hydroxylation is 1. The largest absolute Gasteiger partial charge is 0.460 e. The molecule has 12 heteroatoms. The SMILES string of the molecule is Cc1ccc(C(F)(F)C(F)(F)C(F)(F)C(F)(F)C(F)(F)F)cn1. The Balaban J connectivity index is 3.45. The highest BCUT2D eigenvalue weighted by molar-refractivity contribution is 5.23. The van der Waals surface area contributed by atoms with E-state index in [4.69, 9.17) is 0 Å². The first-order valence-electron chi connectivity index (χ1n) is 5.51. The van der Waals surface area contributed by atoms with E-state index in [1.165, 1.54) is 6.92 Å². The van der Waals surface area contributed by atoms with Crippen LogP contribution in [0.5, 0.6) is 0 Å². The molecule has 23 heavy (non-hydrogen) atoms. The van der Waals surface area contributed by atoms with Gasteiger partial charge in [-0.2, -0.15) is 48.3 Å². The Labute approximate surface area is 121 Å². The molecule has 0 aliphatic heterocycles. The number of rotatable bonds is 4. The van der Waals surface area contributed by atoms with Crippen molar-refractivity contribution in [3.05, 3.63) is 29.6 Å². The molecule has 0 amide bonds. The smallest absolute Gasteiger partial charge is 0.261 e. The van der Waals surface area contributed by atoms with Gasteiger partial charge in [0.05, 0.1) is 0 Å². The highest BCUT2D eigenvalue weighted by atomic mass is 19.4. The molecule has 0 radical (unpaired) electrons. The average molecular weight is 361 g/mol. The fourth-order valence-electron chi connectivity index (χ4n) is 1.41. The van der Waals surface area contributed by atoms with Gasteiger partial charge in [0.15, 0.2) is 0 Å². The molecule has 0 spiro atoms. The molecule has 0 aliphatic rings. The average Bonchev–Trinajstić information content (AvgIpc) is 2.37. The first-order chi connectivity index (χ1) is 10.00. The third kappa shape index (κ3) is 2.71. The van der Waals surface area contributed by atoms with E-state index in [9.17, 15) is 48.3 Å². The molecule has 1 nitrogen and oxygen atoms in total. The minimum Gasteiger partial charge on any atom is -0.261 e. The van der Waals surface area contributed by atoms with Gasteiger partial charge >= 0.3 is 29.9 Å². The zero-order valence-corrected chi connectivity index (χ0v) is 10.8. The number of pyridine rings is 1. The lowest BCUT2D eigenvalue weighted by molar-refractivity contribution is -0.424. The summed E-state index contributed by atoms with van der Waals surface area (Å²) in [6, 6.07) is 0.831. The molecule has 1 rings (SSSR count). The van der Waals surface area contributed by atoms with Crippen LogP contribution in [0.1, 0.15) is 11.3 Å². The number of aromatic nitrogens is 1. The third-order valence-electron chi connectivity index (χ3n) is 2.81. The van der Waals surface area contributed by atoms with E-state index in [1.54, 1.807) is 0 Å². The molecule has 132 valence electrons. The summed E-state index contributed by atoms with van der Waals surface area (Å²) in [5.41, 5.74) is -1.95. The van der Waals surface area contributed by atoms with Gasteiger partial charge in [-0.25, -0.2) is 0 Å². The molecule has 0 N–H and O–H groups in total. The second-order valence-electron chi connectivity index (χ2n) is 4.48. The summed E-state index contributed by atoms with van der Waals surface area (Å²) in [4.78, 5) is 3.08. The van der Waals surface area contributed by atoms with Gasteiger partial charge in [0.2, 0.25) is 0 Å². The number of halogens is 11. The van der Waals surface area contributed by atoms with Gasteiger partial charge in [0, 0.05) is 17.5 Å². The van der Waals surface area contributed by atoms with Crippen LogP contribution in [0.3, 0.4) is 0 Å². The molecular weight excluding hydrogens is 355 g/mol. The molecule has 1 heterocycles. The first kappa shape index (κ1) is 19.4. The molecule has 0 aromatic carbocycles. The van der Waals surface area contributed by atoms with Gasteiger partial charge in [-0.15, -0.1) is 0 Å². The summed E-state index contributed by atoms with van der Waals surface area (Å²) in [6.07, 6.45) is -7.19. The Morgan fingerprint density at radius 1 is 0.696 bits per heavy atom. The van der Waals surface area contributed by atoms with Crippen molar-refractivity contribution in [3.8, 4) is 0 Å². The van der Waals surface area contributed by atoms with Crippen molar-refractivity contribution < 1.29 is 48.3 Å². The van der Waals surface area contributed by atoms with Crippen LogP contribution in [0.2, 0.25) is 0 Å². The maximum atomic E-state index is 13.5. The van der Waals surface area contributed by atoms with Crippen LogP contribution < -0.4 is 0 Å². The highest BCUT2D eigenvalue weighted by Gasteiger charge is 2.87. The fourth-order valence-corrected chi connectivity index (χ4v) is 1.41. The van der Waals surface area contributed by atoms with Crippen LogP contribution in [-0.2, 0) is 5.92 Å². The maximum Gasteiger partial charge on any atom is 0.460 e. The monoisotopic (exact) mass is 361 g/mol. The zero-order valence-electron chi connectivity index (χ0n) is 10.8. The van der Waals surface area contributed by atoms with Crippen molar-refractivity contribution in [2.75, 3.05) is 0 Å². The third-order valence-corrected chi connectivity index (χ3v) is 2.81. The van der Waals surface area contributed by atoms with Crippen LogP contribution in [0.15, 0.2) is 18.3 Å². The number of hydrogen-bond donors (Lipinski definition) is 0. The quantitative estimate of drug-likeness (QED) is 0.692. The predicted molar refractivity (Wildman–Crippen MR) is 53.8 cm³/mol. The molecule has 0 fully saturated rings. The van der Waals surface area contributed by atoms with Crippen molar-refractivity contribution in [3.63, 3.8) is 0 Å². The van der Waals surface area contributed by atoms with Crippen LogP contribution in [0, 0.1) is 6.92 Å². The molecule has 0 unspecified atom stereocenters. The lowest BCUT2D eigenvalue weighted by Crippen LogP contribution is -2.65. The standard InChI is InChI=1S/C11H6F11N/c1-5-2-3-6(4-23-5)7(12,13)8(14,15)9(16,17)10(18,19)11(20,21)22/h2-4H,1H3. The van der Waals surface area contributed by atoms with Crippen LogP contribution >= 0.6 is 0 Å². The number of hydrogen-bond acceptors (Lipinski definition) is 1. The molecular formula is C11H6F11N. The summed E-state index contributed by atoms with van der Waals surface area (Å²) in [7, 11) is 0. The number of alkyl halides is 11. The lowest BCUT2D eigenvalue weighted by atomic mass is 9.94. The van der Waals surface area contributed by atoms with Crippen LogP contribution in [0.4, 0.5) is 48.3 Å². The fraction of sp³-hybridized carbons (Fsp3) is 0.545. The van der Waals surface area contributed by atoms with E-state index in [2.05, 4.69) is 4.98 Å². The topological polar surface area (TPSA) is 12.9 Å². The van der Waals surface area contributed by atoms with Gasteiger partial charge in [-0.05, 0) is 19.1 Å². The molecule has 1 aromatic rings. The van der Waals surface area contributed by atoms with Gasteiger partial charge < -0.3 is 0 Å². The summed E-state index contributed by atoms with van der Waals surface area (Å²) in [5.74, 6) is -27.9. The minimum absolute atomic E-state index is 0.0137. The molecule has 0 saturated carbocycles. The van der Waals surface area contributed by atoms with Crippen molar-refractivity contribution in [2.45, 2.75) is 36.8 Å². The Morgan fingerprint density at radius 2 is 1.17 bits per heavy atom. The Morgan fingerprint density at radius 3 is 1.52 bits per heavy atom. The van der Waals surface area contributed by atoms with Gasteiger partial charge in [-0.1, -0.05) is 0 Å². The molecule has 0 aliphatic carbocycles. The van der Waals surface area contributed by atoms with E-state index in [1.807, 2.05) is 0 Å². The first-order valence-corrected chi connectivity index (χ1v) is 5.51. The van der Waals surface area contributed by atoms with E-state index in [0.29, 0.717) is 6.07 Å². The van der Waals surface area contributed by atoms with E-state index in [-0.39, 0.29) is 18.0 Å². The van der Waals surface area contributed by atoms with Crippen molar-refractivity contribution >= 4 is 0 Å². The van der Waals surface area contributed by atoms with E-state index >= 15 is 0 Å². The van der Waals surface area contributed by atoms with Crippen molar-refractivity contribution in [2.24, 2.45) is 0 Å². The van der Waals surface area contributed by atoms with E-state index in [0.717, 1.165) is 0 Å². The predicted octanol–water partition coefficient (Wildman–Crippen LogP) is 4.95. The number of nitrogens with zero attached hydrogens (tertiary/aromatic N) is 1. The van der Waals surface area contributed by atoms with Crippen LogP contribution in [-0.4, -0.2) is 28.9 Å². The van der Waals surface area contributed by atoms with Crippen LogP contribution in [0.25, 0.3) is 0 Å². The van der Waals surface area contributed by atoms with Crippen molar-refractivity contribution in [1.82, 2.24) is 4.98 Å². The molecule has 0 saturated heterocycles. The summed E-state index contributed by atoms with van der Waals surface area (Å²) >= 11 is 0. The molecule has 1 aromatic heterocycles. The maximum absolute atomic E-state index is 13.5. The zero-order chi connectivity index (χ0) is 18.5. The Kier molecular flexibility index (Phi) is 4.39. The summed E-state index contributed by atoms with van der Waals surface area (Å²) < 4.78 is 140. The Bertz CT molecular complexity index is 558. The van der Waals surface area contributed by atoms with Gasteiger partial charge in [0.25, 0.3) is 0 Å². The normalized spacial score (nSPS) is 15.0. The summed E-state index contributed by atoms with van der Waals surface area (Å²) in [5, 5.41) is 0. The van der Waals surface area contributed by atoms with Gasteiger partial charge in [0.1, 0.15) is 0 Å². The summed E-state index contributed by atoms with van der Waals surface area (Å²) in [6.45, 7) is 1.20. The Hall–Kier alpha value is -1.62. The molecule has 0 atom stereocenters. The van der Waals surface area contributed by atoms with E-state index < -0.39 is 35.4 Å².